The van der Waals surface area contributed by atoms with Gasteiger partial charge in [-0.2, -0.15) is 10.1 Å². The zero-order valence-electron chi connectivity index (χ0n) is 18.3. The Kier molecular flexibility index (Phi) is 6.07. The topological polar surface area (TPSA) is 122 Å². The van der Waals surface area contributed by atoms with Gasteiger partial charge in [-0.15, -0.1) is 0 Å². The molecule has 1 aromatic heterocycles. The van der Waals surface area contributed by atoms with Crippen LogP contribution in [0.4, 0.5) is 5.69 Å². The van der Waals surface area contributed by atoms with Crippen LogP contribution in [0.25, 0.3) is 22.6 Å². The van der Waals surface area contributed by atoms with Crippen molar-refractivity contribution in [2.75, 3.05) is 26.1 Å². The first-order valence-electron chi connectivity index (χ1n) is 10.2. The van der Waals surface area contributed by atoms with Gasteiger partial charge in [-0.3, -0.25) is 4.79 Å². The molecule has 0 bridgehead atoms. The molecule has 0 amide bonds. The Hall–Kier alpha value is -4.21. The first-order chi connectivity index (χ1) is 16.0. The molecule has 0 fully saturated rings. The molecule has 2 atom stereocenters. The van der Waals surface area contributed by atoms with Gasteiger partial charge in [-0.25, -0.2) is 14.3 Å². The number of anilines is 1. The maximum atomic E-state index is 13.0. The van der Waals surface area contributed by atoms with Crippen molar-refractivity contribution in [3.05, 3.63) is 58.9 Å². The lowest BCUT2D eigenvalue weighted by Crippen LogP contribution is -2.44. The summed E-state index contributed by atoms with van der Waals surface area (Å²) in [5.74, 6) is -0.682. The van der Waals surface area contributed by atoms with E-state index in [2.05, 4.69) is 15.4 Å². The average Bonchev–Trinajstić information content (AvgIpc) is 2.98. The molecular formula is C23H22N4O6. The van der Waals surface area contributed by atoms with Gasteiger partial charge in [0.2, 0.25) is 0 Å². The number of benzene rings is 2. The molecule has 4 rings (SSSR count). The van der Waals surface area contributed by atoms with Gasteiger partial charge in [0.1, 0.15) is 5.75 Å². The molecule has 3 aromatic rings. The zero-order chi connectivity index (χ0) is 23.5. The Morgan fingerprint density at radius 2 is 1.73 bits per heavy atom. The van der Waals surface area contributed by atoms with Gasteiger partial charge < -0.3 is 19.5 Å². The molecule has 0 saturated carbocycles. The van der Waals surface area contributed by atoms with Gasteiger partial charge >= 0.3 is 11.9 Å². The van der Waals surface area contributed by atoms with Crippen LogP contribution in [0.3, 0.4) is 0 Å². The van der Waals surface area contributed by atoms with Crippen molar-refractivity contribution in [1.29, 1.82) is 0 Å². The normalized spacial score (nSPS) is 16.5. The lowest BCUT2D eigenvalue weighted by molar-refractivity contribution is -0.152. The van der Waals surface area contributed by atoms with E-state index in [4.69, 9.17) is 14.2 Å². The summed E-state index contributed by atoms with van der Waals surface area (Å²) < 4.78 is 16.6. The van der Waals surface area contributed by atoms with Crippen LogP contribution in [-0.4, -0.2) is 53.6 Å². The van der Waals surface area contributed by atoms with E-state index in [-0.39, 0.29) is 11.5 Å². The number of fused-ring (bicyclic) bond motifs is 3. The number of ether oxygens (including phenoxy) is 3. The molecule has 10 heteroatoms. The third-order valence-electron chi connectivity index (χ3n) is 5.23. The summed E-state index contributed by atoms with van der Waals surface area (Å²) in [4.78, 5) is 42.8. The second kappa shape index (κ2) is 9.11. The predicted octanol–water partition coefficient (Wildman–Crippen LogP) is 2.05. The van der Waals surface area contributed by atoms with E-state index < -0.39 is 29.6 Å². The van der Waals surface area contributed by atoms with E-state index in [0.717, 1.165) is 0 Å². The second-order valence-corrected chi connectivity index (χ2v) is 7.15. The highest BCUT2D eigenvalue weighted by molar-refractivity contribution is 5.91. The lowest BCUT2D eigenvalue weighted by atomic mass is 10.1. The van der Waals surface area contributed by atoms with Gasteiger partial charge in [0.05, 0.1) is 20.8 Å². The van der Waals surface area contributed by atoms with Crippen LogP contribution in [0.2, 0.25) is 0 Å². The number of aromatic nitrogens is 3. The number of esters is 2. The zero-order valence-corrected chi connectivity index (χ0v) is 18.3. The van der Waals surface area contributed by atoms with Gasteiger partial charge in [-0.1, -0.05) is 12.1 Å². The van der Waals surface area contributed by atoms with Crippen LogP contribution in [0.15, 0.2) is 53.3 Å². The van der Waals surface area contributed by atoms with E-state index in [0.29, 0.717) is 29.2 Å². The van der Waals surface area contributed by atoms with Crippen molar-refractivity contribution in [1.82, 2.24) is 14.8 Å². The fourth-order valence-electron chi connectivity index (χ4n) is 3.70. The Balaban J connectivity index is 1.96. The molecule has 0 aliphatic carbocycles. The molecule has 0 radical (unpaired) electrons. The third-order valence-corrected chi connectivity index (χ3v) is 5.23. The Bertz CT molecular complexity index is 1250. The third kappa shape index (κ3) is 4.02. The van der Waals surface area contributed by atoms with Crippen molar-refractivity contribution in [2.24, 2.45) is 0 Å². The molecular weight excluding hydrogens is 428 g/mol. The minimum absolute atomic E-state index is 0.0127. The first-order valence-corrected chi connectivity index (χ1v) is 10.2. The maximum Gasteiger partial charge on any atom is 0.333 e. The summed E-state index contributed by atoms with van der Waals surface area (Å²) >= 11 is 0. The van der Waals surface area contributed by atoms with Crippen molar-refractivity contribution in [3.8, 4) is 28.4 Å². The molecule has 1 aliphatic rings. The summed E-state index contributed by atoms with van der Waals surface area (Å²) in [5, 5.41) is 7.52. The minimum Gasteiger partial charge on any atom is -0.494 e. The van der Waals surface area contributed by atoms with E-state index in [1.165, 1.54) is 18.9 Å². The van der Waals surface area contributed by atoms with Gasteiger partial charge in [-0.05, 0) is 43.3 Å². The summed E-state index contributed by atoms with van der Waals surface area (Å²) in [6, 6.07) is 11.3. The van der Waals surface area contributed by atoms with Crippen LogP contribution in [-0.2, 0) is 19.1 Å². The minimum atomic E-state index is -1.28. The largest absolute Gasteiger partial charge is 0.494 e. The van der Waals surface area contributed by atoms with E-state index in [1.54, 1.807) is 48.5 Å². The van der Waals surface area contributed by atoms with Crippen LogP contribution in [0.5, 0.6) is 5.75 Å². The van der Waals surface area contributed by atoms with Gasteiger partial charge in [0.25, 0.3) is 5.56 Å². The maximum absolute atomic E-state index is 13.0. The first kappa shape index (κ1) is 22.0. The van der Waals surface area contributed by atoms with Crippen LogP contribution < -0.4 is 15.6 Å². The van der Waals surface area contributed by atoms with E-state index in [1.807, 2.05) is 6.92 Å². The van der Waals surface area contributed by atoms with Gasteiger partial charge in [0.15, 0.2) is 23.6 Å². The van der Waals surface area contributed by atoms with Crippen LogP contribution in [0, 0.1) is 0 Å². The number of hydrogen-bond donors (Lipinski definition) is 1. The highest BCUT2D eigenvalue weighted by atomic mass is 16.5. The highest BCUT2D eigenvalue weighted by Gasteiger charge is 2.42. The summed E-state index contributed by atoms with van der Waals surface area (Å²) in [6.07, 6.45) is 0. The number of nitrogens with zero attached hydrogens (tertiary/aromatic N) is 3. The SMILES string of the molecule is CCOc1ccc(-c2nn3c(nc2=O)-c2ccccc2N[C@@H](C(=O)OC)[C@H]3C(=O)OC)cc1. The molecule has 10 nitrogen and oxygen atoms in total. The molecule has 33 heavy (non-hydrogen) atoms. The standard InChI is InChI=1S/C23H22N4O6/c1-4-33-14-11-9-13(10-12-14)17-21(28)25-20-15-7-5-6-8-16(15)24-18(22(29)31-2)19(23(30)32-3)27(20)26-17/h5-12,18-19,24H,4H2,1-3H3/t18-,19+/m1/s1. The summed E-state index contributed by atoms with van der Waals surface area (Å²) in [6.45, 7) is 2.37. The predicted molar refractivity (Wildman–Crippen MR) is 119 cm³/mol. The number of nitrogens with one attached hydrogen (secondary N) is 1. The number of carbonyl (C=O) groups is 2. The lowest BCUT2D eigenvalue weighted by Gasteiger charge is -2.24. The Labute approximate surface area is 189 Å². The fraction of sp³-hybridized carbons (Fsp3) is 0.261. The fourth-order valence-corrected chi connectivity index (χ4v) is 3.70. The van der Waals surface area contributed by atoms with E-state index >= 15 is 0 Å². The molecule has 0 spiro atoms. The average molecular weight is 450 g/mol. The molecule has 1 N–H and O–H groups in total. The number of carbonyl (C=O) groups excluding carboxylic acids is 2. The van der Waals surface area contributed by atoms with Crippen LogP contribution >= 0.6 is 0 Å². The van der Waals surface area contributed by atoms with Gasteiger partial charge in [0, 0.05) is 16.8 Å². The Morgan fingerprint density at radius 3 is 2.39 bits per heavy atom. The summed E-state index contributed by atoms with van der Waals surface area (Å²) in [5.41, 5.74) is 0.908. The quantitative estimate of drug-likeness (QED) is 0.582. The van der Waals surface area contributed by atoms with Crippen molar-refractivity contribution >= 4 is 17.6 Å². The summed E-state index contributed by atoms with van der Waals surface area (Å²) in [7, 11) is 2.43. The molecule has 170 valence electrons. The smallest absolute Gasteiger partial charge is 0.333 e. The van der Waals surface area contributed by atoms with Crippen molar-refractivity contribution in [3.63, 3.8) is 0 Å². The second-order valence-electron chi connectivity index (χ2n) is 7.15. The number of hydrogen-bond acceptors (Lipinski definition) is 9. The monoisotopic (exact) mass is 450 g/mol. The molecule has 0 unspecified atom stereocenters. The molecule has 2 aromatic carbocycles. The molecule has 0 saturated heterocycles. The van der Waals surface area contributed by atoms with Crippen molar-refractivity contribution < 1.29 is 23.8 Å². The highest BCUT2D eigenvalue weighted by Crippen LogP contribution is 2.34. The Morgan fingerprint density at radius 1 is 1.03 bits per heavy atom. The number of methoxy groups -OCH3 is 2. The van der Waals surface area contributed by atoms with E-state index in [9.17, 15) is 14.4 Å². The molecule has 1 aliphatic heterocycles. The van der Waals surface area contributed by atoms with Crippen LogP contribution in [0.1, 0.15) is 13.0 Å². The van der Waals surface area contributed by atoms with Crippen molar-refractivity contribution in [2.45, 2.75) is 19.0 Å². The number of para-hydroxylation sites is 1. The molecule has 2 heterocycles. The number of rotatable bonds is 5.